The molecule has 2 heterocycles. The number of aryl methyl sites for hydroxylation is 1. The average Bonchev–Trinajstić information content (AvgIpc) is 2.31. The third-order valence-corrected chi connectivity index (χ3v) is 3.51. The van der Waals surface area contributed by atoms with Gasteiger partial charge in [-0.2, -0.15) is 0 Å². The molecule has 0 atom stereocenters. The van der Waals surface area contributed by atoms with Gasteiger partial charge in [0.1, 0.15) is 0 Å². The van der Waals surface area contributed by atoms with E-state index in [2.05, 4.69) is 22.9 Å². The number of piperidine rings is 1. The van der Waals surface area contributed by atoms with Crippen LogP contribution < -0.4 is 0 Å². The molecule has 0 radical (unpaired) electrons. The van der Waals surface area contributed by atoms with Crippen molar-refractivity contribution in [3.63, 3.8) is 0 Å². The highest BCUT2D eigenvalue weighted by Gasteiger charge is 2.21. The molecule has 0 amide bonds. The Morgan fingerprint density at radius 3 is 2.78 bits per heavy atom. The fraction of sp³-hybridized carbons (Fsp3) is 0.571. The quantitative estimate of drug-likeness (QED) is 0.886. The molecular formula is C14H20N2O2. The highest BCUT2D eigenvalue weighted by atomic mass is 16.4. The van der Waals surface area contributed by atoms with Crippen LogP contribution in [0.4, 0.5) is 0 Å². The lowest BCUT2D eigenvalue weighted by atomic mass is 9.93. The number of carboxylic acid groups (broad SMARTS) is 1. The maximum absolute atomic E-state index is 10.7. The molecule has 1 aliphatic rings. The van der Waals surface area contributed by atoms with Crippen molar-refractivity contribution in [1.29, 1.82) is 0 Å². The molecule has 1 aliphatic heterocycles. The summed E-state index contributed by atoms with van der Waals surface area (Å²) in [5.41, 5.74) is 2.43. The fourth-order valence-corrected chi connectivity index (χ4v) is 2.56. The summed E-state index contributed by atoms with van der Waals surface area (Å²) in [7, 11) is 0. The molecule has 1 saturated heterocycles. The lowest BCUT2D eigenvalue weighted by molar-refractivity contribution is -0.138. The molecule has 0 spiro atoms. The summed E-state index contributed by atoms with van der Waals surface area (Å²) in [5, 5.41) is 8.78. The summed E-state index contributed by atoms with van der Waals surface area (Å²) >= 11 is 0. The molecule has 1 aromatic rings. The van der Waals surface area contributed by atoms with Crippen molar-refractivity contribution in [2.75, 3.05) is 13.1 Å². The zero-order valence-corrected chi connectivity index (χ0v) is 10.8. The second kappa shape index (κ2) is 5.96. The van der Waals surface area contributed by atoms with Crippen LogP contribution in [-0.2, 0) is 11.3 Å². The fourth-order valence-electron chi connectivity index (χ4n) is 2.56. The number of hydrogen-bond donors (Lipinski definition) is 1. The number of pyridine rings is 1. The first-order valence-electron chi connectivity index (χ1n) is 6.48. The van der Waals surface area contributed by atoms with Crippen LogP contribution in [0.25, 0.3) is 0 Å². The van der Waals surface area contributed by atoms with Crippen LogP contribution in [0.5, 0.6) is 0 Å². The Bertz CT molecular complexity index is 412. The van der Waals surface area contributed by atoms with Crippen molar-refractivity contribution in [3.05, 3.63) is 29.6 Å². The predicted octanol–water partition coefficient (Wildman–Crippen LogP) is 2.08. The first-order chi connectivity index (χ1) is 8.63. The molecule has 1 fully saturated rings. The molecule has 0 bridgehead atoms. The summed E-state index contributed by atoms with van der Waals surface area (Å²) in [5.74, 6) is -0.314. The molecule has 1 aromatic heterocycles. The molecule has 1 N–H and O–H groups in total. The molecule has 98 valence electrons. The van der Waals surface area contributed by atoms with Crippen LogP contribution in [0.1, 0.15) is 30.4 Å². The molecule has 0 unspecified atom stereocenters. The molecular weight excluding hydrogens is 228 g/mol. The van der Waals surface area contributed by atoms with E-state index in [1.807, 2.05) is 12.4 Å². The lowest BCUT2D eigenvalue weighted by Crippen LogP contribution is -2.33. The number of aromatic nitrogens is 1. The number of carbonyl (C=O) groups is 1. The Morgan fingerprint density at radius 1 is 1.44 bits per heavy atom. The zero-order valence-electron chi connectivity index (χ0n) is 10.8. The number of hydrogen-bond acceptors (Lipinski definition) is 3. The van der Waals surface area contributed by atoms with E-state index in [1.165, 1.54) is 11.1 Å². The third-order valence-electron chi connectivity index (χ3n) is 3.51. The van der Waals surface area contributed by atoms with Gasteiger partial charge >= 0.3 is 5.97 Å². The van der Waals surface area contributed by atoms with Crippen molar-refractivity contribution in [2.24, 2.45) is 5.92 Å². The average molecular weight is 248 g/mol. The van der Waals surface area contributed by atoms with Gasteiger partial charge < -0.3 is 5.11 Å². The van der Waals surface area contributed by atoms with Crippen molar-refractivity contribution < 1.29 is 9.90 Å². The van der Waals surface area contributed by atoms with Gasteiger partial charge in [0.15, 0.2) is 0 Å². The van der Waals surface area contributed by atoms with E-state index >= 15 is 0 Å². The van der Waals surface area contributed by atoms with Gasteiger partial charge in [-0.15, -0.1) is 0 Å². The van der Waals surface area contributed by atoms with Gasteiger partial charge in [0.2, 0.25) is 0 Å². The standard InChI is InChI=1S/C14H20N2O2/c1-11-6-13(9-15-8-11)10-16-4-2-12(3-5-16)7-14(17)18/h6,8-9,12H,2-5,7,10H2,1H3,(H,17,18). The number of carboxylic acids is 1. The summed E-state index contributed by atoms with van der Waals surface area (Å²) in [6.45, 7) is 4.96. The molecule has 4 heteroatoms. The van der Waals surface area contributed by atoms with E-state index in [9.17, 15) is 4.79 Å². The molecule has 0 aromatic carbocycles. The highest BCUT2D eigenvalue weighted by Crippen LogP contribution is 2.21. The van der Waals surface area contributed by atoms with Gasteiger partial charge in [0, 0.05) is 25.4 Å². The largest absolute Gasteiger partial charge is 0.481 e. The smallest absolute Gasteiger partial charge is 0.303 e. The minimum Gasteiger partial charge on any atom is -0.481 e. The predicted molar refractivity (Wildman–Crippen MR) is 69.2 cm³/mol. The van der Waals surface area contributed by atoms with E-state index in [4.69, 9.17) is 5.11 Å². The maximum atomic E-state index is 10.7. The van der Waals surface area contributed by atoms with Crippen LogP contribution in [0.3, 0.4) is 0 Å². The Labute approximate surface area is 108 Å². The van der Waals surface area contributed by atoms with Crippen LogP contribution in [0, 0.1) is 12.8 Å². The molecule has 18 heavy (non-hydrogen) atoms. The van der Waals surface area contributed by atoms with E-state index in [1.54, 1.807) is 0 Å². The molecule has 4 nitrogen and oxygen atoms in total. The SMILES string of the molecule is Cc1cncc(CN2CCC(CC(=O)O)CC2)c1. The van der Waals surface area contributed by atoms with E-state index in [0.29, 0.717) is 12.3 Å². The summed E-state index contributed by atoms with van der Waals surface area (Å²) in [4.78, 5) is 17.2. The van der Waals surface area contributed by atoms with E-state index in [-0.39, 0.29) is 0 Å². The zero-order chi connectivity index (χ0) is 13.0. The third kappa shape index (κ3) is 3.81. The Hall–Kier alpha value is -1.42. The van der Waals surface area contributed by atoms with Gasteiger partial charge in [-0.1, -0.05) is 6.07 Å². The maximum Gasteiger partial charge on any atom is 0.303 e. The molecule has 0 aliphatic carbocycles. The minimum atomic E-state index is -0.670. The second-order valence-electron chi connectivity index (χ2n) is 5.19. The lowest BCUT2D eigenvalue weighted by Gasteiger charge is -2.31. The van der Waals surface area contributed by atoms with Gasteiger partial charge in [-0.25, -0.2) is 0 Å². The number of rotatable bonds is 4. The first-order valence-corrected chi connectivity index (χ1v) is 6.48. The first kappa shape index (κ1) is 13.0. The van der Waals surface area contributed by atoms with Crippen LogP contribution in [0.15, 0.2) is 18.5 Å². The van der Waals surface area contributed by atoms with Crippen molar-refractivity contribution in [1.82, 2.24) is 9.88 Å². The van der Waals surface area contributed by atoms with Crippen molar-refractivity contribution >= 4 is 5.97 Å². The Morgan fingerprint density at radius 2 is 2.17 bits per heavy atom. The van der Waals surface area contributed by atoms with Crippen LogP contribution >= 0.6 is 0 Å². The number of aliphatic carboxylic acids is 1. The van der Waals surface area contributed by atoms with Gasteiger partial charge in [-0.3, -0.25) is 14.7 Å². The Kier molecular flexibility index (Phi) is 4.31. The summed E-state index contributed by atoms with van der Waals surface area (Å²) < 4.78 is 0. The Balaban J connectivity index is 1.81. The minimum absolute atomic E-state index is 0.319. The normalized spacial score (nSPS) is 17.8. The van der Waals surface area contributed by atoms with Gasteiger partial charge in [0.05, 0.1) is 0 Å². The highest BCUT2D eigenvalue weighted by molar-refractivity contribution is 5.67. The van der Waals surface area contributed by atoms with Gasteiger partial charge in [0.25, 0.3) is 0 Å². The molecule has 2 rings (SSSR count). The summed E-state index contributed by atoms with van der Waals surface area (Å²) in [6.07, 6.45) is 6.08. The number of nitrogens with zero attached hydrogens (tertiary/aromatic N) is 2. The summed E-state index contributed by atoms with van der Waals surface area (Å²) in [6, 6.07) is 2.16. The van der Waals surface area contributed by atoms with Gasteiger partial charge in [-0.05, 0) is 49.9 Å². The van der Waals surface area contributed by atoms with E-state index in [0.717, 1.165) is 32.5 Å². The van der Waals surface area contributed by atoms with Crippen LogP contribution in [-0.4, -0.2) is 34.0 Å². The monoisotopic (exact) mass is 248 g/mol. The van der Waals surface area contributed by atoms with Crippen molar-refractivity contribution in [2.45, 2.75) is 32.7 Å². The number of likely N-dealkylation sites (tertiary alicyclic amines) is 1. The topological polar surface area (TPSA) is 53.4 Å². The van der Waals surface area contributed by atoms with Crippen molar-refractivity contribution in [3.8, 4) is 0 Å². The van der Waals surface area contributed by atoms with Crippen LogP contribution in [0.2, 0.25) is 0 Å². The second-order valence-corrected chi connectivity index (χ2v) is 5.19. The van der Waals surface area contributed by atoms with E-state index < -0.39 is 5.97 Å². The molecule has 0 saturated carbocycles.